The van der Waals surface area contributed by atoms with Crippen LogP contribution in [0, 0.1) is 0 Å². The first-order valence-corrected chi connectivity index (χ1v) is 6.72. The van der Waals surface area contributed by atoms with Crippen LogP contribution < -0.4 is 103 Å². The Morgan fingerprint density at radius 1 is 1.00 bits per heavy atom. The first-order chi connectivity index (χ1) is 8.67. The number of rotatable bonds is 3. The van der Waals surface area contributed by atoms with E-state index in [1.54, 1.807) is 12.5 Å². The zero-order chi connectivity index (χ0) is 14.5. The number of imidazole rings is 1. The summed E-state index contributed by atoms with van der Waals surface area (Å²) >= 11 is 0. The Balaban J connectivity index is 0. The van der Waals surface area contributed by atoms with Crippen molar-refractivity contribution in [1.29, 1.82) is 0 Å². The van der Waals surface area contributed by atoms with Crippen LogP contribution in [0.4, 0.5) is 0 Å². The number of aromatic amines is 1. The smallest absolute Gasteiger partial charge is 0.724 e. The predicted octanol–water partition coefficient (Wildman–Crippen LogP) is -7.78. The molecule has 0 unspecified atom stereocenters. The molecule has 21 heavy (non-hydrogen) atoms. The number of fused-ring (bicyclic) bond motifs is 1. The van der Waals surface area contributed by atoms with Crippen molar-refractivity contribution in [2.75, 3.05) is 0 Å². The summed E-state index contributed by atoms with van der Waals surface area (Å²) in [4.78, 5) is 14.5. The van der Waals surface area contributed by atoms with Crippen LogP contribution in [0.25, 0.3) is 11.2 Å². The van der Waals surface area contributed by atoms with Gasteiger partial charge < -0.3 is 14.1 Å². The van der Waals surface area contributed by atoms with Gasteiger partial charge in [-0.2, -0.15) is 0 Å². The summed E-state index contributed by atoms with van der Waals surface area (Å²) in [5.41, 5.74) is 1.59. The van der Waals surface area contributed by atoms with Gasteiger partial charge in [0.2, 0.25) is 20.8 Å². The topological polar surface area (TPSA) is 187 Å². The maximum atomic E-state index is 9.37. The summed E-state index contributed by atoms with van der Waals surface area (Å²) in [6.07, 6.45) is 4.76. The number of nitrogens with zero attached hydrogens (tertiary/aromatic N) is 3. The summed E-state index contributed by atoms with van der Waals surface area (Å²) in [5.74, 6) is 0. The number of hydrogen-bond acceptors (Lipinski definition) is 11. The second kappa shape index (κ2) is 11.2. The van der Waals surface area contributed by atoms with E-state index < -0.39 is 20.8 Å². The SMILES string of the molecule is O=S(=O)([O-])OOS(=O)(=O)[O-].[K+].[K+].c1ncc2[nH]cnc2n1. The minimum Gasteiger partial charge on any atom is -0.724 e. The van der Waals surface area contributed by atoms with Crippen LogP contribution in [-0.4, -0.2) is 45.9 Å². The van der Waals surface area contributed by atoms with Crippen molar-refractivity contribution in [2.24, 2.45) is 0 Å². The van der Waals surface area contributed by atoms with E-state index >= 15 is 0 Å². The van der Waals surface area contributed by atoms with Crippen molar-refractivity contribution in [3.05, 3.63) is 18.9 Å². The van der Waals surface area contributed by atoms with Gasteiger partial charge in [-0.1, -0.05) is 0 Å². The summed E-state index contributed by atoms with van der Waals surface area (Å²) < 4.78 is 61.5. The normalized spacial score (nSPS) is 10.8. The monoisotopic (exact) mass is 390 g/mol. The van der Waals surface area contributed by atoms with Gasteiger partial charge in [0.25, 0.3) is 0 Å². The molecule has 0 aliphatic carbocycles. The molecule has 0 fully saturated rings. The van der Waals surface area contributed by atoms with E-state index in [2.05, 4.69) is 28.6 Å². The van der Waals surface area contributed by atoms with Crippen LogP contribution in [-0.2, 0) is 29.5 Å². The quantitative estimate of drug-likeness (QED) is 0.172. The zero-order valence-corrected chi connectivity index (χ0v) is 18.5. The van der Waals surface area contributed by atoms with Gasteiger partial charge in [-0.05, 0) is 0 Å². The van der Waals surface area contributed by atoms with E-state index in [0.29, 0.717) is 5.65 Å². The molecule has 0 aliphatic heterocycles. The number of H-pyrrole nitrogens is 1. The van der Waals surface area contributed by atoms with Crippen LogP contribution in [0.15, 0.2) is 18.9 Å². The largest absolute Gasteiger partial charge is 1.00 e. The number of nitrogens with one attached hydrogen (secondary N) is 1. The molecule has 12 nitrogen and oxygen atoms in total. The first kappa shape index (κ1) is 24.8. The molecule has 0 bridgehead atoms. The number of aromatic nitrogens is 4. The molecular weight excluding hydrogens is 386 g/mol. The minimum absolute atomic E-state index is 0. The molecule has 0 amide bonds. The van der Waals surface area contributed by atoms with Crippen LogP contribution >= 0.6 is 0 Å². The standard InChI is InChI=1S/C5H4N4.2K.H2O8S2/c1-4-5(8-2-6-1)9-3-7-4;;;1-9(2,3)7-8-10(4,5)6/h1-3H,(H,6,7,8,9);;;(H,1,2,3)(H,4,5,6)/q;2*+1;/p-2. The second-order valence-electron chi connectivity index (χ2n) is 2.62. The zero-order valence-electron chi connectivity index (χ0n) is 10.7. The molecule has 0 radical (unpaired) electrons. The fraction of sp³-hybridized carbons (Fsp3) is 0. The summed E-state index contributed by atoms with van der Waals surface area (Å²) in [5, 5.41) is 0. The molecule has 106 valence electrons. The fourth-order valence-electron chi connectivity index (χ4n) is 0.759. The van der Waals surface area contributed by atoms with Crippen molar-refractivity contribution in [2.45, 2.75) is 0 Å². The fourth-order valence-corrected chi connectivity index (χ4v) is 1.30. The van der Waals surface area contributed by atoms with Crippen molar-refractivity contribution in [1.82, 2.24) is 19.9 Å². The summed E-state index contributed by atoms with van der Waals surface area (Å²) in [6, 6.07) is 0. The Morgan fingerprint density at radius 2 is 1.52 bits per heavy atom. The van der Waals surface area contributed by atoms with Gasteiger partial charge in [-0.15, -0.1) is 8.67 Å². The van der Waals surface area contributed by atoms with Crippen molar-refractivity contribution >= 4 is 32.0 Å². The molecule has 16 heteroatoms. The molecule has 2 rings (SSSR count). The average molecular weight is 390 g/mol. The van der Waals surface area contributed by atoms with Crippen molar-refractivity contribution < 1.29 is 137 Å². The average Bonchev–Trinajstić information content (AvgIpc) is 2.73. The molecule has 1 N–H and O–H groups in total. The van der Waals surface area contributed by atoms with E-state index in [9.17, 15) is 25.9 Å². The van der Waals surface area contributed by atoms with E-state index in [4.69, 9.17) is 0 Å². The maximum absolute atomic E-state index is 9.37. The molecule has 0 aliphatic rings. The molecular formula is C5H4K2N4O8S2. The molecule has 0 spiro atoms. The van der Waals surface area contributed by atoms with Gasteiger partial charge in [-0.25, -0.2) is 31.8 Å². The van der Waals surface area contributed by atoms with E-state index in [-0.39, 0.29) is 103 Å². The maximum Gasteiger partial charge on any atom is 1.00 e. The third-order valence-corrected chi connectivity index (χ3v) is 1.85. The molecule has 0 atom stereocenters. The van der Waals surface area contributed by atoms with Gasteiger partial charge in [0.1, 0.15) is 11.8 Å². The molecule has 2 aromatic rings. The Hall–Kier alpha value is 1.56. The summed E-state index contributed by atoms with van der Waals surface area (Å²) in [7, 11) is -10.6. The van der Waals surface area contributed by atoms with Crippen LogP contribution in [0.1, 0.15) is 0 Å². The van der Waals surface area contributed by atoms with Crippen LogP contribution in [0.2, 0.25) is 0 Å². The minimum atomic E-state index is -5.31. The predicted molar refractivity (Wildman–Crippen MR) is 53.2 cm³/mol. The molecule has 2 aromatic heterocycles. The van der Waals surface area contributed by atoms with Crippen molar-refractivity contribution in [3.8, 4) is 0 Å². The Kier molecular flexibility index (Phi) is 13.2. The van der Waals surface area contributed by atoms with Gasteiger partial charge in [-0.3, -0.25) is 0 Å². The molecule has 2 heterocycles. The Labute approximate surface area is 204 Å². The molecule has 0 aromatic carbocycles. The summed E-state index contributed by atoms with van der Waals surface area (Å²) in [6.45, 7) is 0. The molecule has 0 saturated carbocycles. The molecule has 0 saturated heterocycles. The van der Waals surface area contributed by atoms with E-state index in [1.165, 1.54) is 6.33 Å². The Bertz CT molecular complexity index is 685. The second-order valence-corrected chi connectivity index (χ2v) is 4.52. The Morgan fingerprint density at radius 3 is 1.95 bits per heavy atom. The first-order valence-electron chi connectivity index (χ1n) is 4.06. The third kappa shape index (κ3) is 12.6. The van der Waals surface area contributed by atoms with E-state index in [0.717, 1.165) is 5.52 Å². The van der Waals surface area contributed by atoms with Gasteiger partial charge in [0.05, 0.1) is 12.5 Å². The van der Waals surface area contributed by atoms with Gasteiger partial charge in [0.15, 0.2) is 5.65 Å². The number of hydrogen-bond donors (Lipinski definition) is 1. The van der Waals surface area contributed by atoms with Crippen LogP contribution in [0.3, 0.4) is 0 Å². The third-order valence-electron chi connectivity index (χ3n) is 1.29. The van der Waals surface area contributed by atoms with Crippen LogP contribution in [0.5, 0.6) is 0 Å². The van der Waals surface area contributed by atoms with E-state index in [1.807, 2.05) is 0 Å². The van der Waals surface area contributed by atoms with Gasteiger partial charge >= 0.3 is 103 Å². The van der Waals surface area contributed by atoms with Crippen molar-refractivity contribution in [3.63, 3.8) is 0 Å². The van der Waals surface area contributed by atoms with Gasteiger partial charge in [0, 0.05) is 0 Å².